The van der Waals surface area contributed by atoms with Gasteiger partial charge in [0, 0.05) is 30.9 Å². The molecule has 2 rings (SSSR count). The third kappa shape index (κ3) is 2.87. The summed E-state index contributed by atoms with van der Waals surface area (Å²) >= 11 is 5.75. The zero-order valence-corrected chi connectivity index (χ0v) is 11.8. The highest BCUT2D eigenvalue weighted by molar-refractivity contribution is 6.30. The van der Waals surface area contributed by atoms with Gasteiger partial charge in [0.15, 0.2) is 5.54 Å². The molecule has 0 aliphatic carbocycles. The molecule has 19 heavy (non-hydrogen) atoms. The monoisotopic (exact) mass is 282 g/mol. The van der Waals surface area contributed by atoms with Crippen molar-refractivity contribution in [3.8, 4) is 0 Å². The summed E-state index contributed by atoms with van der Waals surface area (Å²) in [6.45, 7) is 5.14. The molecule has 0 N–H and O–H groups in total. The van der Waals surface area contributed by atoms with Crippen LogP contribution in [0.1, 0.15) is 37.6 Å². The Morgan fingerprint density at radius 2 is 1.95 bits per heavy atom. The highest BCUT2D eigenvalue weighted by atomic mass is 35.5. The Morgan fingerprint density at radius 1 is 1.37 bits per heavy atom. The Hall–Kier alpha value is -1.62. The second-order valence-corrected chi connectivity index (χ2v) is 5.87. The first kappa shape index (κ1) is 13.8. The van der Waals surface area contributed by atoms with Crippen LogP contribution < -0.4 is 0 Å². The molecule has 0 amide bonds. The van der Waals surface area contributed by atoms with E-state index in [0.717, 1.165) is 0 Å². The lowest BCUT2D eigenvalue weighted by atomic mass is 9.97. The zero-order valence-electron chi connectivity index (χ0n) is 11.0. The van der Waals surface area contributed by atoms with E-state index in [-0.39, 0.29) is 0 Å². The van der Waals surface area contributed by atoms with E-state index in [0.29, 0.717) is 21.9 Å². The van der Waals surface area contributed by atoms with Crippen LogP contribution in [0.25, 0.3) is 0 Å². The summed E-state index contributed by atoms with van der Waals surface area (Å²) in [6, 6.07) is 6.36. The molecule has 1 aliphatic rings. The van der Waals surface area contributed by atoms with Crippen LogP contribution in [0.3, 0.4) is 0 Å². The molecule has 1 heterocycles. The van der Waals surface area contributed by atoms with Gasteiger partial charge >= 0.3 is 5.97 Å². The number of hydroxylamine groups is 1. The van der Waals surface area contributed by atoms with Crippen LogP contribution in [0, 0.1) is 5.21 Å². The second kappa shape index (κ2) is 4.49. The lowest BCUT2D eigenvalue weighted by molar-refractivity contribution is -0.589. The van der Waals surface area contributed by atoms with E-state index in [2.05, 4.69) is 5.11 Å². The first-order valence-corrected chi connectivity index (χ1v) is 6.29. The maximum atomic E-state index is 12.0. The summed E-state index contributed by atoms with van der Waals surface area (Å²) < 4.78 is 5.34. The van der Waals surface area contributed by atoms with Crippen molar-refractivity contribution < 1.29 is 14.4 Å². The number of hydrogen-bond donors (Lipinski definition) is 0. The van der Waals surface area contributed by atoms with Crippen LogP contribution in [-0.4, -0.2) is 22.1 Å². The van der Waals surface area contributed by atoms with E-state index in [1.165, 1.54) is 0 Å². The number of halogens is 1. The highest BCUT2D eigenvalue weighted by Crippen LogP contribution is 2.35. The molecule has 1 aliphatic heterocycles. The topological polar surface area (TPSA) is 64.7 Å². The van der Waals surface area contributed by atoms with Gasteiger partial charge in [0.1, 0.15) is 0 Å². The summed E-state index contributed by atoms with van der Waals surface area (Å²) in [5.41, 5.74) is -1.42. The van der Waals surface area contributed by atoms with Crippen molar-refractivity contribution in [2.45, 2.75) is 38.5 Å². The number of ether oxygens (including phenoxy) is 1. The molecule has 0 saturated carbocycles. The lowest BCUT2D eigenvalue weighted by Crippen LogP contribution is -2.33. The Bertz CT molecular complexity index is 539. The number of nitrogens with zero attached hydrogens (tertiary/aromatic N) is 2. The normalized spacial score (nSPS) is 24.9. The predicted octanol–water partition coefficient (Wildman–Crippen LogP) is 3.36. The lowest BCUT2D eigenvalue weighted by Gasteiger charge is -2.19. The SMILES string of the molecule is CC1(C)C[C@@](C)(OC(=O)c2ccc(Cl)cc2)N=[N+]1[O-]. The van der Waals surface area contributed by atoms with Crippen molar-refractivity contribution in [3.63, 3.8) is 0 Å². The van der Waals surface area contributed by atoms with Crippen molar-refractivity contribution >= 4 is 17.6 Å². The number of carbonyl (C=O) groups is 1. The van der Waals surface area contributed by atoms with Gasteiger partial charge in [0.25, 0.3) is 5.72 Å². The smallest absolute Gasteiger partial charge is 0.340 e. The average Bonchev–Trinajstić information content (AvgIpc) is 2.47. The van der Waals surface area contributed by atoms with E-state index in [4.69, 9.17) is 16.3 Å². The van der Waals surface area contributed by atoms with Crippen LogP contribution in [0.2, 0.25) is 5.02 Å². The maximum Gasteiger partial charge on any atom is 0.340 e. The largest absolute Gasteiger partial charge is 0.599 e. The first-order chi connectivity index (χ1) is 8.72. The van der Waals surface area contributed by atoms with Crippen molar-refractivity contribution in [1.82, 2.24) is 0 Å². The molecule has 0 bridgehead atoms. The number of rotatable bonds is 2. The highest BCUT2D eigenvalue weighted by Gasteiger charge is 2.50. The van der Waals surface area contributed by atoms with Gasteiger partial charge in [-0.2, -0.15) is 0 Å². The van der Waals surface area contributed by atoms with Crippen molar-refractivity contribution in [2.75, 3.05) is 0 Å². The molecule has 0 fully saturated rings. The molecular weight excluding hydrogens is 268 g/mol. The maximum absolute atomic E-state index is 12.0. The Morgan fingerprint density at radius 3 is 2.42 bits per heavy atom. The molecule has 0 aromatic heterocycles. The minimum Gasteiger partial charge on any atom is -0.599 e. The molecule has 6 heteroatoms. The summed E-state index contributed by atoms with van der Waals surface area (Å²) in [5.74, 6) is -0.519. The van der Waals surface area contributed by atoms with E-state index < -0.39 is 17.2 Å². The van der Waals surface area contributed by atoms with Gasteiger partial charge in [-0.15, -0.1) is 0 Å². The zero-order chi connectivity index (χ0) is 14.3. The van der Waals surface area contributed by atoms with Gasteiger partial charge in [0.05, 0.1) is 12.0 Å². The standard InChI is InChI=1S/C13H15ClN2O3/c1-12(2)8-13(3,15-16(12)18)19-11(17)9-4-6-10(14)7-5-9/h4-7H,8H2,1-3H3/t13-/m1/s1. The summed E-state index contributed by atoms with van der Waals surface area (Å²) in [6.07, 6.45) is 0.350. The fourth-order valence-corrected chi connectivity index (χ4v) is 2.26. The van der Waals surface area contributed by atoms with Crippen LogP contribution >= 0.6 is 11.6 Å². The fourth-order valence-electron chi connectivity index (χ4n) is 2.13. The van der Waals surface area contributed by atoms with Crippen LogP contribution in [0.15, 0.2) is 29.4 Å². The molecule has 0 unspecified atom stereocenters. The second-order valence-electron chi connectivity index (χ2n) is 5.43. The van der Waals surface area contributed by atoms with E-state index in [1.54, 1.807) is 45.0 Å². The molecule has 0 saturated heterocycles. The Kier molecular flexibility index (Phi) is 3.26. The first-order valence-electron chi connectivity index (χ1n) is 5.91. The molecular formula is C13H15ClN2O3. The van der Waals surface area contributed by atoms with Crippen molar-refractivity contribution in [1.29, 1.82) is 0 Å². The van der Waals surface area contributed by atoms with Gasteiger partial charge in [-0.25, -0.2) is 4.79 Å². The summed E-state index contributed by atoms with van der Waals surface area (Å²) in [4.78, 5) is 12.6. The minimum atomic E-state index is -1.12. The number of azo groups is 1. The van der Waals surface area contributed by atoms with Crippen LogP contribution in [-0.2, 0) is 4.74 Å². The van der Waals surface area contributed by atoms with E-state index in [9.17, 15) is 10.0 Å². The molecule has 1 aromatic carbocycles. The van der Waals surface area contributed by atoms with Gasteiger partial charge in [-0.05, 0) is 24.3 Å². The number of benzene rings is 1. The molecule has 0 spiro atoms. The van der Waals surface area contributed by atoms with Gasteiger partial charge < -0.3 is 9.94 Å². The molecule has 1 atom stereocenters. The molecule has 102 valence electrons. The van der Waals surface area contributed by atoms with Crippen LogP contribution in [0.4, 0.5) is 0 Å². The van der Waals surface area contributed by atoms with Gasteiger partial charge in [-0.1, -0.05) is 16.5 Å². The van der Waals surface area contributed by atoms with Gasteiger partial charge in [0.2, 0.25) is 0 Å². The van der Waals surface area contributed by atoms with Gasteiger partial charge in [-0.3, -0.25) is 0 Å². The number of hydrogen-bond acceptors (Lipinski definition) is 4. The van der Waals surface area contributed by atoms with E-state index >= 15 is 0 Å². The Balaban J connectivity index is 2.14. The number of carbonyl (C=O) groups excluding carboxylic acids is 1. The van der Waals surface area contributed by atoms with Crippen molar-refractivity contribution in [2.24, 2.45) is 5.11 Å². The number of esters is 1. The molecule has 0 radical (unpaired) electrons. The fraction of sp³-hybridized carbons (Fsp3) is 0.462. The molecule has 5 nitrogen and oxygen atoms in total. The average molecular weight is 283 g/mol. The minimum absolute atomic E-state index is 0.350. The quantitative estimate of drug-likeness (QED) is 0.474. The van der Waals surface area contributed by atoms with Crippen LogP contribution in [0.5, 0.6) is 0 Å². The summed E-state index contributed by atoms with van der Waals surface area (Å²) in [5, 5.41) is 16.0. The van der Waals surface area contributed by atoms with Crippen molar-refractivity contribution in [3.05, 3.63) is 40.1 Å². The summed E-state index contributed by atoms with van der Waals surface area (Å²) in [7, 11) is 0. The third-order valence-electron chi connectivity index (χ3n) is 2.97. The molecule has 1 aromatic rings. The van der Waals surface area contributed by atoms with E-state index in [1.807, 2.05) is 0 Å². The Labute approximate surface area is 116 Å². The predicted molar refractivity (Wildman–Crippen MR) is 70.0 cm³/mol. The third-order valence-corrected chi connectivity index (χ3v) is 3.23.